The van der Waals surface area contributed by atoms with Gasteiger partial charge in [-0.15, -0.1) is 0 Å². The Bertz CT molecular complexity index is 1610. The molecule has 6 rings (SSSR count). The molecule has 0 radical (unpaired) electrons. The van der Waals surface area contributed by atoms with E-state index in [1.54, 1.807) is 0 Å². The van der Waals surface area contributed by atoms with Gasteiger partial charge in [0.1, 0.15) is 35.6 Å². The van der Waals surface area contributed by atoms with Crippen molar-refractivity contribution < 1.29 is 14.2 Å². The molecule has 0 saturated heterocycles. The zero-order chi connectivity index (χ0) is 31.7. The topological polar surface area (TPSA) is 27.7 Å². The molecule has 0 amide bonds. The maximum absolute atomic E-state index is 6.34. The van der Waals surface area contributed by atoms with Gasteiger partial charge < -0.3 is 14.2 Å². The normalized spacial score (nSPS) is 13.0. The van der Waals surface area contributed by atoms with Crippen LogP contribution in [0.5, 0.6) is 17.2 Å². The first-order valence-corrected chi connectivity index (χ1v) is 17.1. The van der Waals surface area contributed by atoms with Gasteiger partial charge in [-0.3, -0.25) is 0 Å². The minimum Gasteiger partial charge on any atom is -0.486 e. The summed E-state index contributed by atoms with van der Waals surface area (Å²) in [5, 5.41) is 3.79. The zero-order valence-electron chi connectivity index (χ0n) is 26.5. The molecule has 0 aliphatic heterocycles. The van der Waals surface area contributed by atoms with Crippen molar-refractivity contribution in [2.45, 2.75) is 39.1 Å². The van der Waals surface area contributed by atoms with E-state index in [0.717, 1.165) is 33.9 Å². The Balaban J connectivity index is 1.36. The monoisotopic (exact) mass is 622 g/mol. The van der Waals surface area contributed by atoms with Gasteiger partial charge in [-0.05, 0) is 116 Å². The van der Waals surface area contributed by atoms with E-state index in [0.29, 0.717) is 0 Å². The van der Waals surface area contributed by atoms with Crippen LogP contribution in [0.25, 0.3) is 0 Å². The molecule has 0 spiro atoms. The molecule has 6 aromatic rings. The van der Waals surface area contributed by atoms with Crippen LogP contribution in [0.15, 0.2) is 164 Å². The summed E-state index contributed by atoms with van der Waals surface area (Å²) in [4.78, 5) is 0. The lowest BCUT2D eigenvalue weighted by Crippen LogP contribution is -2.23. The minimum absolute atomic E-state index is 0.101. The quantitative estimate of drug-likeness (QED) is 0.127. The Labute approximate surface area is 274 Å². The summed E-state index contributed by atoms with van der Waals surface area (Å²) in [6.45, 7) is 6.34. The summed E-state index contributed by atoms with van der Waals surface area (Å²) in [6.07, 6.45) is -0.304. The molecule has 0 saturated carbocycles. The second-order valence-corrected chi connectivity index (χ2v) is 13.6. The highest BCUT2D eigenvalue weighted by molar-refractivity contribution is 7.79. The molecule has 4 heteroatoms. The van der Waals surface area contributed by atoms with Crippen molar-refractivity contribution >= 4 is 23.8 Å². The number of hydrogen-bond acceptors (Lipinski definition) is 3. The Morgan fingerprint density at radius 1 is 0.348 bits per heavy atom. The van der Waals surface area contributed by atoms with Crippen molar-refractivity contribution in [1.82, 2.24) is 0 Å². The van der Waals surface area contributed by atoms with Crippen LogP contribution in [-0.4, -0.2) is 0 Å². The van der Waals surface area contributed by atoms with Gasteiger partial charge in [-0.25, -0.2) is 0 Å². The summed E-state index contributed by atoms with van der Waals surface area (Å²) in [7, 11) is -0.913. The summed E-state index contributed by atoms with van der Waals surface area (Å²) >= 11 is 0. The summed E-state index contributed by atoms with van der Waals surface area (Å²) < 4.78 is 19.0. The first-order chi connectivity index (χ1) is 22.5. The smallest absolute Gasteiger partial charge is 0.121 e. The van der Waals surface area contributed by atoms with Crippen LogP contribution < -0.4 is 30.1 Å². The van der Waals surface area contributed by atoms with E-state index < -0.39 is 7.92 Å². The Morgan fingerprint density at radius 3 is 0.913 bits per heavy atom. The number of para-hydroxylation sites is 3. The molecular formula is C42H39O3P. The molecule has 46 heavy (non-hydrogen) atoms. The molecule has 0 bridgehead atoms. The van der Waals surface area contributed by atoms with Crippen molar-refractivity contribution in [2.24, 2.45) is 0 Å². The first kappa shape index (κ1) is 31.1. The summed E-state index contributed by atoms with van der Waals surface area (Å²) in [5.74, 6) is 2.59. The molecule has 0 N–H and O–H groups in total. The average molecular weight is 623 g/mol. The van der Waals surface area contributed by atoms with Crippen molar-refractivity contribution in [1.29, 1.82) is 0 Å². The third-order valence-corrected chi connectivity index (χ3v) is 10.3. The van der Waals surface area contributed by atoms with Crippen LogP contribution in [0.1, 0.15) is 55.8 Å². The molecule has 6 aromatic carbocycles. The maximum atomic E-state index is 6.34. The molecule has 0 aromatic heterocycles. The highest BCUT2D eigenvalue weighted by Crippen LogP contribution is 2.36. The van der Waals surface area contributed by atoms with E-state index in [2.05, 4.69) is 93.6 Å². The average Bonchev–Trinajstić information content (AvgIpc) is 3.10. The fourth-order valence-corrected chi connectivity index (χ4v) is 7.95. The third-order valence-electron chi connectivity index (χ3n) is 7.96. The summed E-state index contributed by atoms with van der Waals surface area (Å²) in [6, 6.07) is 56.6. The van der Waals surface area contributed by atoms with Crippen LogP contribution >= 0.6 is 7.92 Å². The fourth-order valence-electron chi connectivity index (χ4n) is 5.51. The SMILES string of the molecule is C[C@H](Oc1ccccc1)c1cccc(P(c2cccc([C@H](C)Oc3ccccc3)c2)c2cccc([C@H](C)Oc3ccccc3)c2)c1. The Hall–Kier alpha value is -4.85. The largest absolute Gasteiger partial charge is 0.486 e. The molecule has 0 aliphatic rings. The van der Waals surface area contributed by atoms with Gasteiger partial charge in [-0.2, -0.15) is 0 Å². The van der Waals surface area contributed by atoms with Crippen LogP contribution in [0.3, 0.4) is 0 Å². The highest BCUT2D eigenvalue weighted by Gasteiger charge is 2.21. The van der Waals surface area contributed by atoms with Gasteiger partial charge >= 0.3 is 0 Å². The van der Waals surface area contributed by atoms with E-state index in [1.807, 2.05) is 91.0 Å². The van der Waals surface area contributed by atoms with E-state index in [9.17, 15) is 0 Å². The molecule has 3 atom stereocenters. The maximum Gasteiger partial charge on any atom is 0.121 e. The molecule has 0 fully saturated rings. The van der Waals surface area contributed by atoms with Crippen molar-refractivity contribution in [2.75, 3.05) is 0 Å². The van der Waals surface area contributed by atoms with E-state index in [1.165, 1.54) is 15.9 Å². The minimum atomic E-state index is -0.913. The Morgan fingerprint density at radius 2 is 0.630 bits per heavy atom. The van der Waals surface area contributed by atoms with E-state index >= 15 is 0 Å². The molecule has 0 aliphatic carbocycles. The molecule has 230 valence electrons. The van der Waals surface area contributed by atoms with Crippen molar-refractivity contribution in [3.05, 3.63) is 180 Å². The van der Waals surface area contributed by atoms with Crippen LogP contribution in [0.4, 0.5) is 0 Å². The predicted molar refractivity (Wildman–Crippen MR) is 192 cm³/mol. The second kappa shape index (κ2) is 15.0. The Kier molecular flexibility index (Phi) is 10.1. The van der Waals surface area contributed by atoms with Crippen LogP contribution in [0.2, 0.25) is 0 Å². The third kappa shape index (κ3) is 7.86. The number of hydrogen-bond donors (Lipinski definition) is 0. The number of ether oxygens (including phenoxy) is 3. The van der Waals surface area contributed by atoms with Crippen molar-refractivity contribution in [3.8, 4) is 17.2 Å². The van der Waals surface area contributed by atoms with Crippen LogP contribution in [0, 0.1) is 0 Å². The highest BCUT2D eigenvalue weighted by atomic mass is 31.1. The molecular weight excluding hydrogens is 583 g/mol. The second-order valence-electron chi connectivity index (χ2n) is 11.3. The summed E-state index contributed by atoms with van der Waals surface area (Å²) in [5.41, 5.74) is 3.42. The fraction of sp³-hybridized carbons (Fsp3) is 0.143. The van der Waals surface area contributed by atoms with Gasteiger partial charge in [0.25, 0.3) is 0 Å². The predicted octanol–water partition coefficient (Wildman–Crippen LogP) is 9.86. The lowest BCUT2D eigenvalue weighted by atomic mass is 10.1. The van der Waals surface area contributed by atoms with E-state index in [4.69, 9.17) is 14.2 Å². The molecule has 0 heterocycles. The zero-order valence-corrected chi connectivity index (χ0v) is 27.4. The lowest BCUT2D eigenvalue weighted by Gasteiger charge is -2.24. The van der Waals surface area contributed by atoms with Crippen LogP contribution in [-0.2, 0) is 0 Å². The molecule has 0 unspecified atom stereocenters. The lowest BCUT2D eigenvalue weighted by molar-refractivity contribution is 0.227. The van der Waals surface area contributed by atoms with Crippen molar-refractivity contribution in [3.63, 3.8) is 0 Å². The van der Waals surface area contributed by atoms with Gasteiger partial charge in [-0.1, -0.05) is 109 Å². The number of benzene rings is 6. The van der Waals surface area contributed by atoms with E-state index in [-0.39, 0.29) is 18.3 Å². The first-order valence-electron chi connectivity index (χ1n) is 15.8. The van der Waals surface area contributed by atoms with Gasteiger partial charge in [0.05, 0.1) is 0 Å². The number of rotatable bonds is 12. The standard InChI is InChI=1S/C42H39O3P/c1-31(43-37-19-7-4-8-20-37)34-16-13-25-40(28-34)46(41-26-14-17-35(29-41)32(2)44-38-21-9-5-10-22-38)42-27-15-18-36(30-42)33(3)45-39-23-11-6-12-24-39/h4-33H,1-3H3/t31-,32-,33-/m0/s1. The van der Waals surface area contributed by atoms with Gasteiger partial charge in [0.15, 0.2) is 0 Å². The van der Waals surface area contributed by atoms with Gasteiger partial charge in [0, 0.05) is 0 Å². The molecule has 3 nitrogen and oxygen atoms in total. The van der Waals surface area contributed by atoms with Gasteiger partial charge in [0.2, 0.25) is 0 Å².